The Morgan fingerprint density at radius 3 is 2.71 bits per heavy atom. The number of hydrogen-bond donors (Lipinski definition) is 0. The van der Waals surface area contributed by atoms with Crippen molar-refractivity contribution in [2.45, 2.75) is 13.8 Å². The molecule has 0 spiro atoms. The summed E-state index contributed by atoms with van der Waals surface area (Å²) in [5.74, 6) is 1.05. The van der Waals surface area contributed by atoms with E-state index in [9.17, 15) is 0 Å². The van der Waals surface area contributed by atoms with E-state index in [1.54, 1.807) is 0 Å². The number of rotatable bonds is 4. The molecule has 78 valence electrons. The molecule has 0 aliphatic rings. The van der Waals surface area contributed by atoms with Crippen LogP contribution >= 0.6 is 31.9 Å². The topological polar surface area (TPSA) is 16.1 Å². The van der Waals surface area contributed by atoms with Crippen molar-refractivity contribution in [3.63, 3.8) is 0 Å². The van der Waals surface area contributed by atoms with Crippen LogP contribution in [0.15, 0.2) is 16.7 Å². The Kier molecular flexibility index (Phi) is 4.89. The zero-order valence-corrected chi connectivity index (χ0v) is 11.6. The molecule has 4 heteroatoms. The average molecular weight is 322 g/mol. The zero-order valence-electron chi connectivity index (χ0n) is 8.43. The van der Waals surface area contributed by atoms with Gasteiger partial charge in [0.2, 0.25) is 0 Å². The molecule has 0 amide bonds. The predicted octanol–water partition coefficient (Wildman–Crippen LogP) is 3.37. The number of aromatic nitrogens is 1. The Hall–Kier alpha value is -0.0900. The van der Waals surface area contributed by atoms with Crippen LogP contribution in [-0.2, 0) is 0 Å². The molecule has 1 aromatic heterocycles. The lowest BCUT2D eigenvalue weighted by molar-refractivity contribution is 0.852. The third kappa shape index (κ3) is 2.95. The van der Waals surface area contributed by atoms with Gasteiger partial charge in [0.15, 0.2) is 0 Å². The molecule has 0 saturated carbocycles. The fourth-order valence-electron chi connectivity index (χ4n) is 1.23. The number of nitrogens with zero attached hydrogens (tertiary/aromatic N) is 2. The highest BCUT2D eigenvalue weighted by molar-refractivity contribution is 9.10. The first-order valence-corrected chi connectivity index (χ1v) is 6.53. The minimum atomic E-state index is 0.970. The van der Waals surface area contributed by atoms with Gasteiger partial charge in [-0.25, -0.2) is 4.98 Å². The molecule has 0 radical (unpaired) electrons. The molecule has 0 N–H and O–H groups in total. The van der Waals surface area contributed by atoms with Gasteiger partial charge in [0.25, 0.3) is 0 Å². The first kappa shape index (κ1) is 12.0. The average Bonchev–Trinajstić information content (AvgIpc) is 2.19. The van der Waals surface area contributed by atoms with Gasteiger partial charge in [0, 0.05) is 29.1 Å². The van der Waals surface area contributed by atoms with E-state index in [1.165, 1.54) is 5.56 Å². The maximum absolute atomic E-state index is 4.39. The molecule has 0 unspecified atom stereocenters. The molecule has 2 nitrogen and oxygen atoms in total. The fourth-order valence-corrected chi connectivity index (χ4v) is 1.88. The molecule has 0 bridgehead atoms. The summed E-state index contributed by atoms with van der Waals surface area (Å²) in [6.07, 6.45) is 1.86. The number of halogens is 2. The summed E-state index contributed by atoms with van der Waals surface area (Å²) in [7, 11) is 0. The lowest BCUT2D eigenvalue weighted by Gasteiger charge is -2.21. The molecule has 14 heavy (non-hydrogen) atoms. The quantitative estimate of drug-likeness (QED) is 0.790. The molecular weight excluding hydrogens is 308 g/mol. The molecule has 0 atom stereocenters. The van der Waals surface area contributed by atoms with Crippen LogP contribution in [0.1, 0.15) is 12.5 Å². The van der Waals surface area contributed by atoms with Crippen molar-refractivity contribution in [1.29, 1.82) is 0 Å². The summed E-state index contributed by atoms with van der Waals surface area (Å²) in [6.45, 7) is 6.20. The Balaban J connectivity index is 2.88. The highest BCUT2D eigenvalue weighted by atomic mass is 79.9. The van der Waals surface area contributed by atoms with E-state index in [-0.39, 0.29) is 0 Å². The Bertz CT molecular complexity index is 302. The van der Waals surface area contributed by atoms with Crippen LogP contribution in [0.25, 0.3) is 0 Å². The second-order valence-electron chi connectivity index (χ2n) is 3.06. The normalized spacial score (nSPS) is 10.3. The van der Waals surface area contributed by atoms with Gasteiger partial charge < -0.3 is 4.90 Å². The van der Waals surface area contributed by atoms with Gasteiger partial charge in [0.05, 0.1) is 0 Å². The Morgan fingerprint density at radius 2 is 2.21 bits per heavy atom. The molecule has 1 heterocycles. The second kappa shape index (κ2) is 5.71. The van der Waals surface area contributed by atoms with Crippen molar-refractivity contribution in [2.24, 2.45) is 0 Å². The van der Waals surface area contributed by atoms with Crippen LogP contribution in [-0.4, -0.2) is 23.4 Å². The molecular formula is C10H14Br2N2. The van der Waals surface area contributed by atoms with Crippen LogP contribution in [0, 0.1) is 6.92 Å². The molecule has 0 aromatic carbocycles. The van der Waals surface area contributed by atoms with Crippen molar-refractivity contribution in [1.82, 2.24) is 4.98 Å². The van der Waals surface area contributed by atoms with Crippen molar-refractivity contribution in [3.05, 3.63) is 22.3 Å². The Labute approximate surface area is 102 Å². The fraction of sp³-hybridized carbons (Fsp3) is 0.500. The lowest BCUT2D eigenvalue weighted by atomic mass is 10.3. The van der Waals surface area contributed by atoms with Gasteiger partial charge >= 0.3 is 0 Å². The van der Waals surface area contributed by atoms with Crippen molar-refractivity contribution in [2.75, 3.05) is 23.3 Å². The summed E-state index contributed by atoms with van der Waals surface area (Å²) in [4.78, 5) is 6.63. The monoisotopic (exact) mass is 320 g/mol. The Morgan fingerprint density at radius 1 is 1.50 bits per heavy atom. The molecule has 1 rings (SSSR count). The number of anilines is 1. The molecule has 0 aliphatic heterocycles. The number of hydrogen-bond acceptors (Lipinski definition) is 2. The van der Waals surface area contributed by atoms with Gasteiger partial charge in [0.1, 0.15) is 5.82 Å². The summed E-state index contributed by atoms with van der Waals surface area (Å²) in [5, 5.41) is 0.970. The predicted molar refractivity (Wildman–Crippen MR) is 68.4 cm³/mol. The van der Waals surface area contributed by atoms with Gasteiger partial charge in [-0.2, -0.15) is 0 Å². The van der Waals surface area contributed by atoms with E-state index in [4.69, 9.17) is 0 Å². The van der Waals surface area contributed by atoms with E-state index < -0.39 is 0 Å². The van der Waals surface area contributed by atoms with Gasteiger partial charge in [-0.3, -0.25) is 0 Å². The van der Waals surface area contributed by atoms with Crippen LogP contribution in [0.4, 0.5) is 5.82 Å². The zero-order chi connectivity index (χ0) is 10.6. The third-order valence-corrected chi connectivity index (χ3v) is 3.28. The van der Waals surface area contributed by atoms with E-state index in [0.29, 0.717) is 0 Å². The van der Waals surface area contributed by atoms with Gasteiger partial charge in [-0.15, -0.1) is 0 Å². The van der Waals surface area contributed by atoms with Crippen LogP contribution in [0.3, 0.4) is 0 Å². The van der Waals surface area contributed by atoms with Crippen LogP contribution < -0.4 is 4.90 Å². The number of alkyl halides is 1. The third-order valence-electron chi connectivity index (χ3n) is 2.09. The maximum Gasteiger partial charge on any atom is 0.128 e. The lowest BCUT2D eigenvalue weighted by Crippen LogP contribution is -2.25. The number of aryl methyl sites for hydroxylation is 1. The summed E-state index contributed by atoms with van der Waals surface area (Å²) in [5.41, 5.74) is 1.23. The van der Waals surface area contributed by atoms with E-state index >= 15 is 0 Å². The smallest absolute Gasteiger partial charge is 0.128 e. The SMILES string of the molecule is CCN(CCBr)c1cc(C)c(Br)cn1. The van der Waals surface area contributed by atoms with Crippen molar-refractivity contribution in [3.8, 4) is 0 Å². The van der Waals surface area contributed by atoms with Crippen molar-refractivity contribution < 1.29 is 0 Å². The van der Waals surface area contributed by atoms with Crippen molar-refractivity contribution >= 4 is 37.7 Å². The van der Waals surface area contributed by atoms with Crippen LogP contribution in [0.2, 0.25) is 0 Å². The van der Waals surface area contributed by atoms with E-state index in [0.717, 1.165) is 28.7 Å². The first-order chi connectivity index (χ1) is 6.69. The maximum atomic E-state index is 4.39. The van der Waals surface area contributed by atoms with E-state index in [1.807, 2.05) is 6.20 Å². The first-order valence-electron chi connectivity index (χ1n) is 4.62. The van der Waals surface area contributed by atoms with Gasteiger partial charge in [-0.05, 0) is 41.4 Å². The highest BCUT2D eigenvalue weighted by Gasteiger charge is 2.05. The second-order valence-corrected chi connectivity index (χ2v) is 4.71. The highest BCUT2D eigenvalue weighted by Crippen LogP contribution is 2.19. The standard InChI is InChI=1S/C10H14Br2N2/c1-3-14(5-4-11)10-6-8(2)9(12)7-13-10/h6-7H,3-5H2,1-2H3. The van der Waals surface area contributed by atoms with Crippen LogP contribution in [0.5, 0.6) is 0 Å². The summed E-state index contributed by atoms with van der Waals surface area (Å²) >= 11 is 6.89. The molecule has 1 aromatic rings. The summed E-state index contributed by atoms with van der Waals surface area (Å²) in [6, 6.07) is 2.11. The number of pyridine rings is 1. The van der Waals surface area contributed by atoms with Gasteiger partial charge in [-0.1, -0.05) is 15.9 Å². The largest absolute Gasteiger partial charge is 0.356 e. The molecule has 0 fully saturated rings. The molecule has 0 saturated heterocycles. The minimum Gasteiger partial charge on any atom is -0.356 e. The molecule has 0 aliphatic carbocycles. The minimum absolute atomic E-state index is 0.970. The van der Waals surface area contributed by atoms with E-state index in [2.05, 4.69) is 61.7 Å². The summed E-state index contributed by atoms with van der Waals surface area (Å²) < 4.78 is 1.07.